The van der Waals surface area contributed by atoms with Crippen molar-refractivity contribution in [3.63, 3.8) is 0 Å². The van der Waals surface area contributed by atoms with Gasteiger partial charge in [-0.25, -0.2) is 0 Å². The number of H-pyrrole nitrogens is 1. The van der Waals surface area contributed by atoms with Crippen LogP contribution in [-0.2, 0) is 20.1 Å². The fourth-order valence-electron chi connectivity index (χ4n) is 2.38. The van der Waals surface area contributed by atoms with Crippen molar-refractivity contribution >= 4 is 10.9 Å². The summed E-state index contributed by atoms with van der Waals surface area (Å²) in [5.74, 6) is 0. The van der Waals surface area contributed by atoms with E-state index in [0.29, 0.717) is 0 Å². The van der Waals surface area contributed by atoms with E-state index in [4.69, 9.17) is 0 Å². The normalized spacial score (nSPS) is 11.3. The van der Waals surface area contributed by atoms with Crippen LogP contribution >= 0.6 is 0 Å². The molecular weight excluding hydrogens is 236 g/mol. The number of hydrogen-bond donors (Lipinski definition) is 2. The van der Waals surface area contributed by atoms with Crippen LogP contribution in [0.4, 0.5) is 0 Å². The molecule has 0 atom stereocenters. The molecule has 4 heteroatoms. The van der Waals surface area contributed by atoms with Gasteiger partial charge in [0.15, 0.2) is 0 Å². The summed E-state index contributed by atoms with van der Waals surface area (Å²) < 4.78 is 1.86. The first-order valence-electron chi connectivity index (χ1n) is 6.48. The number of rotatable bonds is 4. The number of benzene rings is 1. The van der Waals surface area contributed by atoms with Crippen LogP contribution in [0.15, 0.2) is 36.7 Å². The largest absolute Gasteiger partial charge is 0.361 e. The van der Waals surface area contributed by atoms with E-state index in [1.807, 2.05) is 24.9 Å². The molecule has 4 nitrogen and oxygen atoms in total. The van der Waals surface area contributed by atoms with Gasteiger partial charge in [0.25, 0.3) is 0 Å². The number of nitrogens with zero attached hydrogens (tertiary/aromatic N) is 2. The molecular formula is C15H18N4. The van der Waals surface area contributed by atoms with Crippen molar-refractivity contribution in [2.24, 2.45) is 7.05 Å². The van der Waals surface area contributed by atoms with Gasteiger partial charge in [-0.2, -0.15) is 5.10 Å². The predicted molar refractivity (Wildman–Crippen MR) is 76.8 cm³/mol. The van der Waals surface area contributed by atoms with Crippen LogP contribution in [-0.4, -0.2) is 14.8 Å². The van der Waals surface area contributed by atoms with Crippen molar-refractivity contribution in [2.75, 3.05) is 0 Å². The zero-order valence-corrected chi connectivity index (χ0v) is 11.3. The average molecular weight is 254 g/mol. The molecule has 0 unspecified atom stereocenters. The summed E-state index contributed by atoms with van der Waals surface area (Å²) in [5.41, 5.74) is 4.84. The van der Waals surface area contributed by atoms with E-state index in [-0.39, 0.29) is 0 Å². The Hall–Kier alpha value is -2.07. The van der Waals surface area contributed by atoms with Gasteiger partial charge in [-0.15, -0.1) is 0 Å². The quantitative estimate of drug-likeness (QED) is 0.751. The van der Waals surface area contributed by atoms with Crippen molar-refractivity contribution in [3.8, 4) is 0 Å². The highest BCUT2D eigenvalue weighted by Gasteiger charge is 2.02. The van der Waals surface area contributed by atoms with E-state index in [1.54, 1.807) is 0 Å². The van der Waals surface area contributed by atoms with Crippen LogP contribution in [0.25, 0.3) is 10.9 Å². The Balaban J connectivity index is 1.64. The molecule has 2 aromatic heterocycles. The predicted octanol–water partition coefficient (Wildman–Crippen LogP) is 2.50. The van der Waals surface area contributed by atoms with Gasteiger partial charge in [-0.1, -0.05) is 6.07 Å². The molecule has 19 heavy (non-hydrogen) atoms. The zero-order valence-electron chi connectivity index (χ0n) is 11.3. The summed E-state index contributed by atoms with van der Waals surface area (Å²) in [7, 11) is 1.95. The summed E-state index contributed by atoms with van der Waals surface area (Å²) in [6.45, 7) is 3.77. The fraction of sp³-hybridized carbons (Fsp3) is 0.267. The summed E-state index contributed by atoms with van der Waals surface area (Å²) in [6, 6.07) is 8.60. The molecule has 3 rings (SSSR count). The standard InChI is InChI=1S/C15H18N4/c1-11-14(10-19(2)18-11)9-16-8-12-3-4-15-13(7-12)5-6-17-15/h3-7,10,16-17H,8-9H2,1-2H3. The minimum atomic E-state index is 0.852. The summed E-state index contributed by atoms with van der Waals surface area (Å²) in [4.78, 5) is 3.21. The van der Waals surface area contributed by atoms with Crippen molar-refractivity contribution in [1.29, 1.82) is 0 Å². The van der Waals surface area contributed by atoms with Gasteiger partial charge < -0.3 is 10.3 Å². The highest BCUT2D eigenvalue weighted by molar-refractivity contribution is 5.79. The van der Waals surface area contributed by atoms with Crippen molar-refractivity contribution < 1.29 is 0 Å². The molecule has 0 saturated carbocycles. The lowest BCUT2D eigenvalue weighted by molar-refractivity contribution is 0.690. The third-order valence-electron chi connectivity index (χ3n) is 3.38. The summed E-state index contributed by atoms with van der Waals surface area (Å²) >= 11 is 0. The summed E-state index contributed by atoms with van der Waals surface area (Å²) in [5, 5.41) is 9.07. The maximum atomic E-state index is 4.34. The van der Waals surface area contributed by atoms with Gasteiger partial charge in [0.1, 0.15) is 0 Å². The van der Waals surface area contributed by atoms with Gasteiger partial charge >= 0.3 is 0 Å². The second-order valence-corrected chi connectivity index (χ2v) is 4.92. The molecule has 0 fully saturated rings. The second kappa shape index (κ2) is 4.90. The Morgan fingerprint density at radius 3 is 2.95 bits per heavy atom. The molecule has 0 bridgehead atoms. The minimum Gasteiger partial charge on any atom is -0.361 e. The maximum Gasteiger partial charge on any atom is 0.0638 e. The number of aromatic nitrogens is 3. The fourth-order valence-corrected chi connectivity index (χ4v) is 2.38. The molecule has 0 saturated heterocycles. The van der Waals surface area contributed by atoms with Gasteiger partial charge in [-0.3, -0.25) is 4.68 Å². The topological polar surface area (TPSA) is 45.6 Å². The Morgan fingerprint density at radius 1 is 1.26 bits per heavy atom. The molecule has 3 aromatic rings. The number of nitrogens with one attached hydrogen (secondary N) is 2. The number of hydrogen-bond acceptors (Lipinski definition) is 2. The Morgan fingerprint density at radius 2 is 2.16 bits per heavy atom. The van der Waals surface area contributed by atoms with Crippen molar-refractivity contribution in [1.82, 2.24) is 20.1 Å². The second-order valence-electron chi connectivity index (χ2n) is 4.92. The molecule has 0 radical (unpaired) electrons. The molecule has 0 aliphatic carbocycles. The highest BCUT2D eigenvalue weighted by Crippen LogP contribution is 2.14. The number of aromatic amines is 1. The zero-order chi connectivity index (χ0) is 13.2. The molecule has 2 N–H and O–H groups in total. The maximum absolute atomic E-state index is 4.34. The first-order chi connectivity index (χ1) is 9.22. The van der Waals surface area contributed by atoms with Gasteiger partial charge in [0, 0.05) is 43.6 Å². The van der Waals surface area contributed by atoms with Crippen LogP contribution in [0.1, 0.15) is 16.8 Å². The van der Waals surface area contributed by atoms with Crippen LogP contribution in [0.5, 0.6) is 0 Å². The molecule has 0 aliphatic heterocycles. The molecule has 0 aliphatic rings. The Labute approximate surface area is 112 Å². The first-order valence-corrected chi connectivity index (χ1v) is 6.48. The molecule has 0 spiro atoms. The Kier molecular flexibility index (Phi) is 3.09. The van der Waals surface area contributed by atoms with E-state index in [0.717, 1.165) is 18.8 Å². The third-order valence-corrected chi connectivity index (χ3v) is 3.38. The van der Waals surface area contributed by atoms with Crippen molar-refractivity contribution in [2.45, 2.75) is 20.0 Å². The third kappa shape index (κ3) is 2.53. The van der Waals surface area contributed by atoms with E-state index in [2.05, 4.69) is 45.9 Å². The molecule has 0 amide bonds. The number of aryl methyl sites for hydroxylation is 2. The van der Waals surface area contributed by atoms with Crippen LogP contribution < -0.4 is 5.32 Å². The number of fused-ring (bicyclic) bond motifs is 1. The van der Waals surface area contributed by atoms with Crippen LogP contribution in [0.2, 0.25) is 0 Å². The van der Waals surface area contributed by atoms with Gasteiger partial charge in [0.2, 0.25) is 0 Å². The molecule has 98 valence electrons. The van der Waals surface area contributed by atoms with Crippen LogP contribution in [0, 0.1) is 6.92 Å². The van der Waals surface area contributed by atoms with Crippen molar-refractivity contribution in [3.05, 3.63) is 53.5 Å². The lowest BCUT2D eigenvalue weighted by Crippen LogP contribution is -2.12. The van der Waals surface area contributed by atoms with Crippen LogP contribution in [0.3, 0.4) is 0 Å². The summed E-state index contributed by atoms with van der Waals surface area (Å²) in [6.07, 6.45) is 4.04. The van der Waals surface area contributed by atoms with Gasteiger partial charge in [0.05, 0.1) is 5.69 Å². The smallest absolute Gasteiger partial charge is 0.0638 e. The first kappa shape index (κ1) is 12.0. The SMILES string of the molecule is Cc1nn(C)cc1CNCc1ccc2[nH]ccc2c1. The van der Waals surface area contributed by atoms with E-state index < -0.39 is 0 Å². The van der Waals surface area contributed by atoms with E-state index >= 15 is 0 Å². The molecule has 1 aromatic carbocycles. The van der Waals surface area contributed by atoms with E-state index in [1.165, 1.54) is 22.0 Å². The lowest BCUT2D eigenvalue weighted by Gasteiger charge is -2.04. The Bertz CT molecular complexity index is 693. The lowest BCUT2D eigenvalue weighted by atomic mass is 10.1. The molecule has 2 heterocycles. The monoisotopic (exact) mass is 254 g/mol. The van der Waals surface area contributed by atoms with E-state index in [9.17, 15) is 0 Å². The average Bonchev–Trinajstić information content (AvgIpc) is 2.96. The van der Waals surface area contributed by atoms with Gasteiger partial charge in [-0.05, 0) is 36.1 Å². The highest BCUT2D eigenvalue weighted by atomic mass is 15.2. The minimum absolute atomic E-state index is 0.852.